The number of ether oxygens (including phenoxy) is 1. The number of carbonyl (C=O) groups is 2. The lowest BCUT2D eigenvalue weighted by molar-refractivity contribution is -0.148. The summed E-state index contributed by atoms with van der Waals surface area (Å²) in [6, 6.07) is 0. The van der Waals surface area contributed by atoms with E-state index in [-0.39, 0.29) is 30.2 Å². The molecule has 0 bridgehead atoms. The lowest BCUT2D eigenvalue weighted by Crippen LogP contribution is -2.39. The lowest BCUT2D eigenvalue weighted by atomic mass is 9.74. The van der Waals surface area contributed by atoms with Gasteiger partial charge in [-0.2, -0.15) is 0 Å². The van der Waals surface area contributed by atoms with Gasteiger partial charge in [0, 0.05) is 29.6 Å². The van der Waals surface area contributed by atoms with Gasteiger partial charge in [-0.25, -0.2) is 4.98 Å². The summed E-state index contributed by atoms with van der Waals surface area (Å²) in [5.41, 5.74) is 2.28. The summed E-state index contributed by atoms with van der Waals surface area (Å²) in [5, 5.41) is 13.7. The maximum Gasteiger partial charge on any atom is 0.306 e. The molecule has 0 radical (unpaired) electrons. The summed E-state index contributed by atoms with van der Waals surface area (Å²) >= 11 is 1.59. The molecule has 1 aliphatic rings. The van der Waals surface area contributed by atoms with Crippen LogP contribution in [0.3, 0.4) is 0 Å². The number of rotatable bonds is 2. The fraction of sp³-hybridized carbons (Fsp3) is 0.607. The Hall–Kier alpha value is -2.05. The zero-order chi connectivity index (χ0) is 25.5. The molecule has 0 aliphatic carbocycles. The molecule has 2 heterocycles. The van der Waals surface area contributed by atoms with Crippen LogP contribution in [0.4, 0.5) is 0 Å². The normalized spacial score (nSPS) is 30.7. The number of ketones is 1. The monoisotopic (exact) mass is 487 g/mol. The van der Waals surface area contributed by atoms with Crippen LogP contribution in [-0.4, -0.2) is 34.1 Å². The van der Waals surface area contributed by atoms with Gasteiger partial charge in [0.05, 0.1) is 16.8 Å². The summed E-state index contributed by atoms with van der Waals surface area (Å²) in [5.74, 6) is -0.851. The van der Waals surface area contributed by atoms with Crippen LogP contribution < -0.4 is 0 Å². The van der Waals surface area contributed by atoms with Crippen molar-refractivity contribution >= 4 is 29.2 Å². The van der Waals surface area contributed by atoms with Gasteiger partial charge in [0.15, 0.2) is 0 Å². The number of aromatic nitrogens is 1. The topological polar surface area (TPSA) is 76.5 Å². The van der Waals surface area contributed by atoms with Crippen LogP contribution in [0.5, 0.6) is 0 Å². The second kappa shape index (κ2) is 12.6. The SMILES string of the molecule is C/C1=C/CC(/C(C)=C/c2csc(C)n2)OC(=O)CCC(C)(C)C(=O)C(C)C(O)C(C)C/C=C\C1. The van der Waals surface area contributed by atoms with E-state index in [2.05, 4.69) is 30.1 Å². The molecule has 1 aromatic heterocycles. The number of carbonyl (C=O) groups excluding carboxylic acids is 2. The van der Waals surface area contributed by atoms with Crippen molar-refractivity contribution in [3.8, 4) is 0 Å². The molecule has 1 aliphatic heterocycles. The van der Waals surface area contributed by atoms with Crippen molar-refractivity contribution in [2.24, 2.45) is 17.3 Å². The first-order valence-corrected chi connectivity index (χ1v) is 13.1. The van der Waals surface area contributed by atoms with E-state index in [4.69, 9.17) is 4.74 Å². The number of aliphatic hydroxyl groups is 1. The molecule has 0 saturated heterocycles. The Morgan fingerprint density at radius 3 is 2.56 bits per heavy atom. The minimum absolute atomic E-state index is 0.0167. The highest BCUT2D eigenvalue weighted by Crippen LogP contribution is 2.31. The van der Waals surface area contributed by atoms with Crippen LogP contribution in [-0.2, 0) is 14.3 Å². The molecule has 1 aromatic rings. The fourth-order valence-corrected chi connectivity index (χ4v) is 4.80. The fourth-order valence-electron chi connectivity index (χ4n) is 4.23. The van der Waals surface area contributed by atoms with E-state index in [0.717, 1.165) is 22.7 Å². The zero-order valence-electron chi connectivity index (χ0n) is 21.8. The number of Topliss-reactive ketones (excluding diaryl/α,β-unsaturated/α-hetero) is 1. The molecule has 0 aromatic carbocycles. The molecule has 4 unspecified atom stereocenters. The number of nitrogens with zero attached hydrogens (tertiary/aromatic N) is 1. The molecule has 6 heteroatoms. The van der Waals surface area contributed by atoms with Gasteiger partial charge >= 0.3 is 5.97 Å². The first kappa shape index (κ1) is 28.2. The third-order valence-electron chi connectivity index (χ3n) is 6.72. The smallest absolute Gasteiger partial charge is 0.306 e. The summed E-state index contributed by atoms with van der Waals surface area (Å²) < 4.78 is 5.90. The van der Waals surface area contributed by atoms with Gasteiger partial charge in [0.2, 0.25) is 0 Å². The molecule has 34 heavy (non-hydrogen) atoms. The maximum absolute atomic E-state index is 13.1. The Labute approximate surface area is 209 Å². The number of esters is 1. The van der Waals surface area contributed by atoms with Crippen LogP contribution in [0.1, 0.15) is 84.3 Å². The minimum atomic E-state index is -0.724. The van der Waals surface area contributed by atoms with Crippen molar-refractivity contribution in [1.29, 1.82) is 0 Å². The van der Waals surface area contributed by atoms with Crippen LogP contribution in [0.2, 0.25) is 0 Å². The van der Waals surface area contributed by atoms with Gasteiger partial charge < -0.3 is 9.84 Å². The second-order valence-corrected chi connectivity index (χ2v) is 11.4. The van der Waals surface area contributed by atoms with Gasteiger partial charge in [0.25, 0.3) is 0 Å². The lowest BCUT2D eigenvalue weighted by Gasteiger charge is -2.31. The van der Waals surface area contributed by atoms with Crippen LogP contribution in [0, 0.1) is 24.2 Å². The average molecular weight is 488 g/mol. The summed E-state index contributed by atoms with van der Waals surface area (Å²) in [6.45, 7) is 13.5. The Balaban J connectivity index is 2.29. The van der Waals surface area contributed by atoms with Crippen molar-refractivity contribution in [2.45, 2.75) is 92.8 Å². The minimum Gasteiger partial charge on any atom is -0.457 e. The molecule has 0 spiro atoms. The van der Waals surface area contributed by atoms with E-state index in [0.29, 0.717) is 19.3 Å². The van der Waals surface area contributed by atoms with Crippen molar-refractivity contribution in [1.82, 2.24) is 4.98 Å². The van der Waals surface area contributed by atoms with Crippen molar-refractivity contribution in [2.75, 3.05) is 0 Å². The summed E-state index contributed by atoms with van der Waals surface area (Å²) in [7, 11) is 0. The Morgan fingerprint density at radius 2 is 1.91 bits per heavy atom. The Bertz CT molecular complexity index is 940. The largest absolute Gasteiger partial charge is 0.457 e. The number of hydrogen-bond donors (Lipinski definition) is 1. The predicted molar refractivity (Wildman–Crippen MR) is 139 cm³/mol. The highest BCUT2D eigenvalue weighted by molar-refractivity contribution is 7.09. The molecule has 188 valence electrons. The summed E-state index contributed by atoms with van der Waals surface area (Å²) in [6.07, 6.45) is 9.81. The van der Waals surface area contributed by atoms with Crippen LogP contribution in [0.15, 0.2) is 34.8 Å². The van der Waals surface area contributed by atoms with Crippen molar-refractivity contribution in [3.63, 3.8) is 0 Å². The number of aliphatic hydroxyl groups excluding tert-OH is 1. The summed E-state index contributed by atoms with van der Waals surface area (Å²) in [4.78, 5) is 30.5. The van der Waals surface area contributed by atoms with Crippen LogP contribution >= 0.6 is 11.3 Å². The Kier molecular flexibility index (Phi) is 10.4. The van der Waals surface area contributed by atoms with Crippen LogP contribution in [0.25, 0.3) is 6.08 Å². The first-order chi connectivity index (χ1) is 15.9. The van der Waals surface area contributed by atoms with Gasteiger partial charge in [-0.3, -0.25) is 9.59 Å². The van der Waals surface area contributed by atoms with Gasteiger partial charge in [0.1, 0.15) is 11.9 Å². The maximum atomic E-state index is 13.1. The zero-order valence-corrected chi connectivity index (χ0v) is 22.6. The van der Waals surface area contributed by atoms with E-state index in [1.165, 1.54) is 5.57 Å². The molecule has 2 rings (SSSR count). The number of hydrogen-bond acceptors (Lipinski definition) is 6. The highest BCUT2D eigenvalue weighted by atomic mass is 32.1. The van der Waals surface area contributed by atoms with E-state index in [1.54, 1.807) is 18.3 Å². The van der Waals surface area contributed by atoms with E-state index < -0.39 is 17.4 Å². The molecule has 0 saturated carbocycles. The third kappa shape index (κ3) is 8.31. The van der Waals surface area contributed by atoms with E-state index in [1.807, 2.05) is 46.1 Å². The standard InChI is InChI=1S/C28H41NO4S/c1-18-10-8-9-11-19(2)26(31)21(4)27(32)28(6,7)15-14-25(30)33-24(13-12-18)20(3)16-23-17-34-22(5)29-23/h8-9,12,16-17,19,21,24,26,31H,10-11,13-15H2,1-7H3/b9-8-,18-12-,20-16+. The van der Waals surface area contributed by atoms with E-state index >= 15 is 0 Å². The molecular formula is C28H41NO4S. The quantitative estimate of drug-likeness (QED) is 0.382. The molecule has 5 nitrogen and oxygen atoms in total. The third-order valence-corrected chi connectivity index (χ3v) is 7.51. The molecule has 1 N–H and O–H groups in total. The van der Waals surface area contributed by atoms with Gasteiger partial charge in [-0.05, 0) is 57.6 Å². The Morgan fingerprint density at radius 1 is 1.21 bits per heavy atom. The van der Waals surface area contributed by atoms with E-state index in [9.17, 15) is 14.7 Å². The van der Waals surface area contributed by atoms with Crippen molar-refractivity contribution < 1.29 is 19.4 Å². The predicted octanol–water partition coefficient (Wildman–Crippen LogP) is 6.46. The number of aryl methyl sites for hydroxylation is 1. The first-order valence-electron chi connectivity index (χ1n) is 12.2. The second-order valence-electron chi connectivity index (χ2n) is 10.4. The number of allylic oxidation sites excluding steroid dienone is 3. The molecule has 0 amide bonds. The highest BCUT2D eigenvalue weighted by Gasteiger charge is 2.36. The number of thiazole rings is 1. The molecular weight excluding hydrogens is 446 g/mol. The molecule has 0 fully saturated rings. The van der Waals surface area contributed by atoms with Gasteiger partial charge in [-0.1, -0.05) is 51.5 Å². The molecule has 4 atom stereocenters. The average Bonchev–Trinajstić information content (AvgIpc) is 3.19. The van der Waals surface area contributed by atoms with Gasteiger partial charge in [-0.15, -0.1) is 11.3 Å². The van der Waals surface area contributed by atoms with Crippen molar-refractivity contribution in [3.05, 3.63) is 45.5 Å². The number of cyclic esters (lactones) is 1.